The van der Waals surface area contributed by atoms with Crippen molar-refractivity contribution >= 4 is 21.4 Å². The highest BCUT2D eigenvalue weighted by atomic mass is 32.2. The number of methoxy groups -OCH3 is 1. The predicted molar refractivity (Wildman–Crippen MR) is 75.8 cm³/mol. The SMILES string of the molecule is C=CCN(CCOC)S(=O)(=O)c1cc(CO)sc1C. The van der Waals surface area contributed by atoms with Crippen LogP contribution in [0.25, 0.3) is 0 Å². The highest BCUT2D eigenvalue weighted by Crippen LogP contribution is 2.28. The number of nitrogens with zero attached hydrogens (tertiary/aromatic N) is 1. The van der Waals surface area contributed by atoms with Crippen LogP contribution in [0, 0.1) is 6.92 Å². The number of ether oxygens (including phenoxy) is 1. The van der Waals surface area contributed by atoms with Gasteiger partial charge in [0.05, 0.1) is 18.1 Å². The van der Waals surface area contributed by atoms with E-state index in [1.807, 2.05) is 0 Å². The largest absolute Gasteiger partial charge is 0.391 e. The number of sulfonamides is 1. The Morgan fingerprint density at radius 2 is 2.26 bits per heavy atom. The fourth-order valence-electron chi connectivity index (χ4n) is 1.64. The van der Waals surface area contributed by atoms with E-state index in [1.54, 1.807) is 13.0 Å². The van der Waals surface area contributed by atoms with E-state index in [1.165, 1.54) is 28.8 Å². The maximum absolute atomic E-state index is 12.5. The summed E-state index contributed by atoms with van der Waals surface area (Å²) in [5.41, 5.74) is 0. The van der Waals surface area contributed by atoms with Gasteiger partial charge < -0.3 is 9.84 Å². The average Bonchev–Trinajstić information content (AvgIpc) is 2.76. The second kappa shape index (κ2) is 7.16. The normalized spacial score (nSPS) is 12.0. The molecule has 0 spiro atoms. The molecule has 0 saturated carbocycles. The van der Waals surface area contributed by atoms with Crippen LogP contribution in [0.5, 0.6) is 0 Å². The Morgan fingerprint density at radius 3 is 2.74 bits per heavy atom. The first-order chi connectivity index (χ1) is 8.97. The smallest absolute Gasteiger partial charge is 0.244 e. The Morgan fingerprint density at radius 1 is 1.58 bits per heavy atom. The third-order valence-electron chi connectivity index (χ3n) is 2.57. The molecule has 0 fully saturated rings. The van der Waals surface area contributed by atoms with Crippen molar-refractivity contribution in [2.24, 2.45) is 0 Å². The lowest BCUT2D eigenvalue weighted by molar-refractivity contribution is 0.182. The molecule has 0 aliphatic rings. The molecule has 0 bridgehead atoms. The molecule has 0 radical (unpaired) electrons. The van der Waals surface area contributed by atoms with Gasteiger partial charge in [0, 0.05) is 30.0 Å². The summed E-state index contributed by atoms with van der Waals surface area (Å²) < 4.78 is 31.3. The minimum atomic E-state index is -3.57. The lowest BCUT2D eigenvalue weighted by Crippen LogP contribution is -2.34. The number of hydrogen-bond donors (Lipinski definition) is 1. The molecule has 0 aromatic carbocycles. The van der Waals surface area contributed by atoms with Crippen LogP contribution in [0.3, 0.4) is 0 Å². The van der Waals surface area contributed by atoms with Crippen molar-refractivity contribution < 1.29 is 18.3 Å². The Hall–Kier alpha value is -0.730. The van der Waals surface area contributed by atoms with Crippen LogP contribution in [-0.2, 0) is 21.4 Å². The van der Waals surface area contributed by atoms with Crippen LogP contribution in [0.2, 0.25) is 0 Å². The van der Waals surface area contributed by atoms with Crippen LogP contribution in [0.1, 0.15) is 9.75 Å². The Labute approximate surface area is 118 Å². The number of rotatable bonds is 8. The van der Waals surface area contributed by atoms with Crippen molar-refractivity contribution in [1.82, 2.24) is 4.31 Å². The number of aliphatic hydroxyl groups is 1. The van der Waals surface area contributed by atoms with Crippen molar-refractivity contribution in [2.75, 3.05) is 26.8 Å². The summed E-state index contributed by atoms with van der Waals surface area (Å²) in [6.45, 7) is 5.98. The zero-order chi connectivity index (χ0) is 14.5. The van der Waals surface area contributed by atoms with E-state index in [-0.39, 0.29) is 24.6 Å². The Balaban J connectivity index is 3.10. The molecule has 5 nitrogen and oxygen atoms in total. The van der Waals surface area contributed by atoms with Crippen LogP contribution < -0.4 is 0 Å². The summed E-state index contributed by atoms with van der Waals surface area (Å²) in [6.07, 6.45) is 1.54. The molecule has 0 aliphatic carbocycles. The summed E-state index contributed by atoms with van der Waals surface area (Å²) >= 11 is 1.29. The third kappa shape index (κ3) is 3.87. The maximum Gasteiger partial charge on any atom is 0.244 e. The maximum atomic E-state index is 12.5. The van der Waals surface area contributed by atoms with Gasteiger partial charge in [-0.3, -0.25) is 0 Å². The Kier molecular flexibility index (Phi) is 6.15. The van der Waals surface area contributed by atoms with Gasteiger partial charge in [0.25, 0.3) is 0 Å². The molecule has 19 heavy (non-hydrogen) atoms. The van der Waals surface area contributed by atoms with Gasteiger partial charge in [0.15, 0.2) is 0 Å². The third-order valence-corrected chi connectivity index (χ3v) is 5.73. The minimum Gasteiger partial charge on any atom is -0.391 e. The van der Waals surface area contributed by atoms with Gasteiger partial charge >= 0.3 is 0 Å². The monoisotopic (exact) mass is 305 g/mol. The van der Waals surface area contributed by atoms with Crippen LogP contribution >= 0.6 is 11.3 Å². The second-order valence-electron chi connectivity index (χ2n) is 3.94. The van der Waals surface area contributed by atoms with Gasteiger partial charge in [-0.25, -0.2) is 8.42 Å². The molecule has 7 heteroatoms. The van der Waals surface area contributed by atoms with E-state index in [0.29, 0.717) is 16.4 Å². The van der Waals surface area contributed by atoms with E-state index < -0.39 is 10.0 Å². The van der Waals surface area contributed by atoms with Crippen molar-refractivity contribution in [3.8, 4) is 0 Å². The van der Waals surface area contributed by atoms with E-state index >= 15 is 0 Å². The zero-order valence-electron chi connectivity index (χ0n) is 11.1. The molecule has 1 N–H and O–H groups in total. The van der Waals surface area contributed by atoms with Gasteiger partial charge in [0.1, 0.15) is 0 Å². The molecule has 1 aromatic rings. The number of aryl methyl sites for hydroxylation is 1. The van der Waals surface area contributed by atoms with Crippen LogP contribution in [-0.4, -0.2) is 44.6 Å². The summed E-state index contributed by atoms with van der Waals surface area (Å²) in [4.78, 5) is 1.57. The van der Waals surface area contributed by atoms with Gasteiger partial charge in [0.2, 0.25) is 10.0 Å². The molecule has 0 saturated heterocycles. The molecule has 0 aliphatic heterocycles. The minimum absolute atomic E-state index is 0.152. The van der Waals surface area contributed by atoms with E-state index in [0.717, 1.165) is 0 Å². The number of thiophene rings is 1. The number of aliphatic hydroxyl groups excluding tert-OH is 1. The Bertz CT molecular complexity index is 522. The van der Waals surface area contributed by atoms with E-state index in [9.17, 15) is 8.42 Å². The molecule has 0 amide bonds. The highest BCUT2D eigenvalue weighted by Gasteiger charge is 2.26. The fraction of sp³-hybridized carbons (Fsp3) is 0.500. The first-order valence-corrected chi connectivity index (χ1v) is 8.03. The molecule has 1 heterocycles. The molecule has 1 aromatic heterocycles. The van der Waals surface area contributed by atoms with Crippen LogP contribution in [0.4, 0.5) is 0 Å². The van der Waals surface area contributed by atoms with Gasteiger partial charge in [-0.2, -0.15) is 4.31 Å². The van der Waals surface area contributed by atoms with Crippen molar-refractivity contribution in [3.05, 3.63) is 28.5 Å². The average molecular weight is 305 g/mol. The van der Waals surface area contributed by atoms with Crippen molar-refractivity contribution in [2.45, 2.75) is 18.4 Å². The summed E-state index contributed by atoms with van der Waals surface area (Å²) in [7, 11) is -2.05. The summed E-state index contributed by atoms with van der Waals surface area (Å²) in [6, 6.07) is 1.53. The fourth-order valence-corrected chi connectivity index (χ4v) is 4.50. The highest BCUT2D eigenvalue weighted by molar-refractivity contribution is 7.89. The van der Waals surface area contributed by atoms with E-state index in [4.69, 9.17) is 9.84 Å². The lowest BCUT2D eigenvalue weighted by Gasteiger charge is -2.20. The lowest BCUT2D eigenvalue weighted by atomic mass is 10.4. The standard InChI is InChI=1S/C12H19NO4S2/c1-4-5-13(6-7-17-3)19(15,16)12-8-11(9-14)18-10(12)2/h4,8,14H,1,5-7,9H2,2-3H3. The first-order valence-electron chi connectivity index (χ1n) is 5.77. The molecule has 108 valence electrons. The second-order valence-corrected chi connectivity index (χ2v) is 7.18. The van der Waals surface area contributed by atoms with Crippen molar-refractivity contribution in [1.29, 1.82) is 0 Å². The summed E-state index contributed by atoms with van der Waals surface area (Å²) in [5.74, 6) is 0. The quantitative estimate of drug-likeness (QED) is 0.737. The predicted octanol–water partition coefficient (Wildman–Crippen LogP) is 1.37. The van der Waals surface area contributed by atoms with Gasteiger partial charge in [-0.05, 0) is 13.0 Å². The molecule has 0 unspecified atom stereocenters. The molecule has 0 atom stereocenters. The molecular formula is C12H19NO4S2. The molecular weight excluding hydrogens is 286 g/mol. The van der Waals surface area contributed by atoms with Crippen LogP contribution in [0.15, 0.2) is 23.6 Å². The van der Waals surface area contributed by atoms with Gasteiger partial charge in [-0.1, -0.05) is 6.08 Å². The zero-order valence-corrected chi connectivity index (χ0v) is 12.8. The molecule has 1 rings (SSSR count). The first kappa shape index (κ1) is 16.3. The van der Waals surface area contributed by atoms with Gasteiger partial charge in [-0.15, -0.1) is 17.9 Å². The topological polar surface area (TPSA) is 66.8 Å². The van der Waals surface area contributed by atoms with E-state index in [2.05, 4.69) is 6.58 Å². The summed E-state index contributed by atoms with van der Waals surface area (Å²) in [5, 5.41) is 9.09. The number of hydrogen-bond acceptors (Lipinski definition) is 5. The van der Waals surface area contributed by atoms with Crippen molar-refractivity contribution in [3.63, 3.8) is 0 Å².